The summed E-state index contributed by atoms with van der Waals surface area (Å²) < 4.78 is 5.02. The van der Waals surface area contributed by atoms with Crippen molar-refractivity contribution in [2.75, 3.05) is 33.4 Å². The van der Waals surface area contributed by atoms with Gasteiger partial charge in [0.1, 0.15) is 6.04 Å². The van der Waals surface area contributed by atoms with Crippen LogP contribution in [0.1, 0.15) is 49.1 Å². The number of aromatic nitrogens is 1. The predicted molar refractivity (Wildman–Crippen MR) is 110 cm³/mol. The Morgan fingerprint density at radius 3 is 2.76 bits per heavy atom. The van der Waals surface area contributed by atoms with Gasteiger partial charge in [0.2, 0.25) is 5.91 Å². The molecule has 1 unspecified atom stereocenters. The second-order valence-electron chi connectivity index (χ2n) is 8.13. The summed E-state index contributed by atoms with van der Waals surface area (Å²) in [6.45, 7) is 2.04. The van der Waals surface area contributed by atoms with Crippen molar-refractivity contribution in [3.05, 3.63) is 29.1 Å². The quantitative estimate of drug-likeness (QED) is 0.611. The molecular formula is C22H33N3O4. The lowest BCUT2D eigenvalue weighted by atomic mass is 9.94. The maximum atomic E-state index is 12.5. The smallest absolute Gasteiger partial charge is 0.323 e. The minimum atomic E-state index is -0.870. The van der Waals surface area contributed by atoms with Crippen LogP contribution < -0.4 is 5.32 Å². The summed E-state index contributed by atoms with van der Waals surface area (Å²) >= 11 is 0. The van der Waals surface area contributed by atoms with E-state index < -0.39 is 12.0 Å². The van der Waals surface area contributed by atoms with Crippen molar-refractivity contribution in [1.29, 1.82) is 0 Å². The Balaban J connectivity index is 1.37. The Hall–Kier alpha value is -1.99. The monoisotopic (exact) mass is 403 g/mol. The number of carbonyl (C=O) groups is 2. The van der Waals surface area contributed by atoms with Gasteiger partial charge in [-0.25, -0.2) is 0 Å². The Morgan fingerprint density at radius 1 is 1.28 bits per heavy atom. The Morgan fingerprint density at radius 2 is 2.03 bits per heavy atom. The molecule has 1 aromatic heterocycles. The van der Waals surface area contributed by atoms with Crippen LogP contribution in [-0.4, -0.2) is 66.3 Å². The fourth-order valence-corrected chi connectivity index (χ4v) is 4.36. The first-order valence-electron chi connectivity index (χ1n) is 10.8. The number of carboxylic acid groups (broad SMARTS) is 1. The first kappa shape index (κ1) is 21.7. The van der Waals surface area contributed by atoms with Crippen LogP contribution in [0.3, 0.4) is 0 Å². The number of methoxy groups -OCH3 is 1. The molecule has 1 saturated heterocycles. The number of rotatable bonds is 9. The minimum Gasteiger partial charge on any atom is -0.480 e. The van der Waals surface area contributed by atoms with Crippen molar-refractivity contribution >= 4 is 11.9 Å². The normalized spacial score (nSPS) is 18.8. The lowest BCUT2D eigenvalue weighted by Crippen LogP contribution is -2.49. The van der Waals surface area contributed by atoms with E-state index >= 15 is 0 Å². The van der Waals surface area contributed by atoms with Gasteiger partial charge in [-0.15, -0.1) is 0 Å². The average molecular weight is 404 g/mol. The molecule has 1 aromatic rings. The van der Waals surface area contributed by atoms with Crippen LogP contribution >= 0.6 is 0 Å². The van der Waals surface area contributed by atoms with Crippen molar-refractivity contribution in [1.82, 2.24) is 15.2 Å². The molecule has 2 heterocycles. The highest BCUT2D eigenvalue weighted by atomic mass is 16.5. The fraction of sp³-hybridized carbons (Fsp3) is 0.682. The van der Waals surface area contributed by atoms with E-state index in [1.54, 1.807) is 0 Å². The molecule has 160 valence electrons. The third-order valence-electron chi connectivity index (χ3n) is 6.10. The summed E-state index contributed by atoms with van der Waals surface area (Å²) in [7, 11) is 1.51. The van der Waals surface area contributed by atoms with Crippen LogP contribution in [0.5, 0.6) is 0 Å². The number of amides is 1. The molecule has 0 spiro atoms. The molecule has 1 fully saturated rings. The number of piperidine rings is 1. The molecule has 1 aliphatic heterocycles. The number of aliphatic carboxylic acids is 1. The molecule has 7 heteroatoms. The Kier molecular flexibility index (Phi) is 8.00. The maximum Gasteiger partial charge on any atom is 0.323 e. The van der Waals surface area contributed by atoms with Crippen LogP contribution in [0.15, 0.2) is 12.1 Å². The van der Waals surface area contributed by atoms with Crippen LogP contribution in [0.25, 0.3) is 0 Å². The van der Waals surface area contributed by atoms with Gasteiger partial charge in [-0.2, -0.15) is 0 Å². The number of aryl methyl sites for hydroxylation is 3. The van der Waals surface area contributed by atoms with Crippen molar-refractivity contribution in [3.8, 4) is 0 Å². The molecule has 2 aliphatic rings. The molecule has 0 aromatic carbocycles. The second-order valence-corrected chi connectivity index (χ2v) is 8.13. The van der Waals surface area contributed by atoms with E-state index in [4.69, 9.17) is 9.72 Å². The number of likely N-dealkylation sites (tertiary alicyclic amines) is 1. The van der Waals surface area contributed by atoms with Crippen molar-refractivity contribution < 1.29 is 19.4 Å². The molecule has 0 bridgehead atoms. The van der Waals surface area contributed by atoms with Gasteiger partial charge < -0.3 is 15.2 Å². The first-order valence-corrected chi connectivity index (χ1v) is 10.8. The largest absolute Gasteiger partial charge is 0.480 e. The van der Waals surface area contributed by atoms with Crippen LogP contribution in [-0.2, 0) is 33.6 Å². The number of pyridine rings is 1. The van der Waals surface area contributed by atoms with E-state index in [0.717, 1.165) is 31.4 Å². The molecular weight excluding hydrogens is 370 g/mol. The van der Waals surface area contributed by atoms with Crippen molar-refractivity contribution in [2.24, 2.45) is 5.92 Å². The lowest BCUT2D eigenvalue weighted by molar-refractivity contribution is -0.146. The molecule has 1 aliphatic carbocycles. The maximum absolute atomic E-state index is 12.5. The molecule has 0 saturated carbocycles. The van der Waals surface area contributed by atoms with Gasteiger partial charge in [0.25, 0.3) is 0 Å². The standard InChI is InChI=1S/C22H33N3O4/c1-29-15-20(22(27)28)25-13-10-17(11-14-25)21(26)23-12-4-6-18-9-8-16-5-2-3-7-19(16)24-18/h8-9,17,20H,2-7,10-15H2,1H3,(H,23,26)(H,27,28). The Bertz CT molecular complexity index is 701. The fourth-order valence-electron chi connectivity index (χ4n) is 4.36. The summed E-state index contributed by atoms with van der Waals surface area (Å²) in [6, 6.07) is 3.71. The summed E-state index contributed by atoms with van der Waals surface area (Å²) in [5, 5.41) is 12.4. The molecule has 3 rings (SSSR count). The first-order chi connectivity index (χ1) is 14.1. The van der Waals surface area contributed by atoms with E-state index in [1.165, 1.54) is 31.2 Å². The zero-order valence-corrected chi connectivity index (χ0v) is 17.4. The number of hydrogen-bond donors (Lipinski definition) is 2. The lowest BCUT2D eigenvalue weighted by Gasteiger charge is -2.34. The van der Waals surface area contributed by atoms with E-state index in [2.05, 4.69) is 17.4 Å². The third kappa shape index (κ3) is 6.00. The number of nitrogens with zero attached hydrogens (tertiary/aromatic N) is 2. The second kappa shape index (κ2) is 10.7. The van der Waals surface area contributed by atoms with Gasteiger partial charge >= 0.3 is 5.97 Å². The highest BCUT2D eigenvalue weighted by Gasteiger charge is 2.31. The zero-order valence-electron chi connectivity index (χ0n) is 17.4. The highest BCUT2D eigenvalue weighted by Crippen LogP contribution is 2.21. The minimum absolute atomic E-state index is 0.0369. The van der Waals surface area contributed by atoms with Gasteiger partial charge in [0, 0.05) is 31.0 Å². The van der Waals surface area contributed by atoms with Gasteiger partial charge in [-0.05, 0) is 76.1 Å². The SMILES string of the molecule is COCC(C(=O)O)N1CCC(C(=O)NCCCc2ccc3c(n2)CCCC3)CC1. The van der Waals surface area contributed by atoms with Crippen molar-refractivity contribution in [3.63, 3.8) is 0 Å². The Labute approximate surface area is 172 Å². The number of hydrogen-bond acceptors (Lipinski definition) is 5. The number of carboxylic acids is 1. The number of fused-ring (bicyclic) bond motifs is 1. The van der Waals surface area contributed by atoms with E-state index in [-0.39, 0.29) is 18.4 Å². The van der Waals surface area contributed by atoms with E-state index in [0.29, 0.717) is 32.5 Å². The van der Waals surface area contributed by atoms with E-state index in [9.17, 15) is 14.7 Å². The number of ether oxygens (including phenoxy) is 1. The molecule has 1 amide bonds. The summed E-state index contributed by atoms with van der Waals surface area (Å²) in [4.78, 5) is 30.5. The molecule has 1 atom stereocenters. The third-order valence-corrected chi connectivity index (χ3v) is 6.10. The molecule has 0 radical (unpaired) electrons. The van der Waals surface area contributed by atoms with Gasteiger partial charge in [0.05, 0.1) is 6.61 Å². The number of carbonyl (C=O) groups excluding carboxylic acids is 1. The molecule has 7 nitrogen and oxygen atoms in total. The van der Waals surface area contributed by atoms with Crippen LogP contribution in [0.4, 0.5) is 0 Å². The van der Waals surface area contributed by atoms with Crippen LogP contribution in [0.2, 0.25) is 0 Å². The van der Waals surface area contributed by atoms with Crippen molar-refractivity contribution in [2.45, 2.75) is 57.4 Å². The summed E-state index contributed by atoms with van der Waals surface area (Å²) in [5.41, 5.74) is 3.78. The van der Waals surface area contributed by atoms with Gasteiger partial charge in [-0.1, -0.05) is 6.07 Å². The average Bonchev–Trinajstić information content (AvgIpc) is 2.74. The van der Waals surface area contributed by atoms with Gasteiger partial charge in [-0.3, -0.25) is 19.5 Å². The predicted octanol–water partition coefficient (Wildman–Crippen LogP) is 1.82. The summed E-state index contributed by atoms with van der Waals surface area (Å²) in [6.07, 6.45) is 7.87. The van der Waals surface area contributed by atoms with Crippen LogP contribution in [0, 0.1) is 5.92 Å². The molecule has 2 N–H and O–H groups in total. The number of nitrogens with one attached hydrogen (secondary N) is 1. The topological polar surface area (TPSA) is 91.8 Å². The molecule has 29 heavy (non-hydrogen) atoms. The zero-order chi connectivity index (χ0) is 20.6. The van der Waals surface area contributed by atoms with E-state index in [1.807, 2.05) is 4.90 Å². The summed E-state index contributed by atoms with van der Waals surface area (Å²) in [5.74, 6) is -0.822. The van der Waals surface area contributed by atoms with Gasteiger partial charge in [0.15, 0.2) is 0 Å². The highest BCUT2D eigenvalue weighted by molar-refractivity contribution is 5.79.